The van der Waals surface area contributed by atoms with Crippen molar-refractivity contribution in [1.29, 1.82) is 0 Å². The lowest BCUT2D eigenvalue weighted by molar-refractivity contribution is 0.508. The average molecular weight is 270 g/mol. The molecule has 0 radical (unpaired) electrons. The zero-order valence-electron chi connectivity index (χ0n) is 12.7. The van der Waals surface area contributed by atoms with Gasteiger partial charge in [0.05, 0.1) is 0 Å². The van der Waals surface area contributed by atoms with Crippen LogP contribution in [0.15, 0.2) is 48.8 Å². The maximum absolute atomic E-state index is 3.57. The van der Waals surface area contributed by atoms with Gasteiger partial charge in [-0.25, -0.2) is 0 Å². The number of aromatic nitrogens is 1. The van der Waals surface area contributed by atoms with Gasteiger partial charge in [-0.05, 0) is 36.6 Å². The summed E-state index contributed by atoms with van der Waals surface area (Å²) in [4.78, 5) is 0. The number of hydrogen-bond donors (Lipinski definition) is 1. The highest BCUT2D eigenvalue weighted by molar-refractivity contribution is 5.17. The summed E-state index contributed by atoms with van der Waals surface area (Å²) < 4.78 is 2.31. The third-order valence-electron chi connectivity index (χ3n) is 3.71. The van der Waals surface area contributed by atoms with Crippen molar-refractivity contribution in [2.75, 3.05) is 6.54 Å². The Morgan fingerprint density at radius 1 is 1.10 bits per heavy atom. The van der Waals surface area contributed by atoms with Crippen molar-refractivity contribution in [3.05, 3.63) is 59.9 Å². The molecule has 1 heterocycles. The van der Waals surface area contributed by atoms with Gasteiger partial charge in [-0.2, -0.15) is 0 Å². The second-order valence-corrected chi connectivity index (χ2v) is 5.32. The van der Waals surface area contributed by atoms with Crippen LogP contribution in [0.25, 0.3) is 0 Å². The number of nitrogens with one attached hydrogen (secondary N) is 1. The Labute approximate surface area is 122 Å². The number of hydrogen-bond acceptors (Lipinski definition) is 1. The third kappa shape index (κ3) is 4.24. The Balaban J connectivity index is 1.94. The molecule has 0 saturated carbocycles. The van der Waals surface area contributed by atoms with Crippen LogP contribution in [-0.2, 0) is 13.0 Å². The second kappa shape index (κ2) is 7.91. The van der Waals surface area contributed by atoms with Gasteiger partial charge in [-0.3, -0.25) is 0 Å². The molecule has 0 spiro atoms. The van der Waals surface area contributed by atoms with Gasteiger partial charge in [-0.15, -0.1) is 0 Å². The summed E-state index contributed by atoms with van der Waals surface area (Å²) >= 11 is 0. The van der Waals surface area contributed by atoms with E-state index in [-0.39, 0.29) is 0 Å². The Bertz CT molecular complexity index is 481. The predicted octanol–water partition coefficient (Wildman–Crippen LogP) is 4.18. The van der Waals surface area contributed by atoms with Crippen LogP contribution in [0.2, 0.25) is 0 Å². The first-order valence-corrected chi connectivity index (χ1v) is 7.76. The van der Waals surface area contributed by atoms with Crippen molar-refractivity contribution >= 4 is 0 Å². The molecule has 1 atom stereocenters. The summed E-state index contributed by atoms with van der Waals surface area (Å²) in [5, 5.41) is 3.57. The van der Waals surface area contributed by atoms with Crippen molar-refractivity contribution < 1.29 is 0 Å². The number of rotatable bonds is 8. The molecule has 0 saturated heterocycles. The van der Waals surface area contributed by atoms with Crippen LogP contribution in [0.3, 0.4) is 0 Å². The molecule has 2 heteroatoms. The van der Waals surface area contributed by atoms with Gasteiger partial charge in [0.25, 0.3) is 0 Å². The first kappa shape index (κ1) is 14.9. The van der Waals surface area contributed by atoms with Crippen molar-refractivity contribution in [2.45, 2.75) is 45.7 Å². The molecule has 0 aliphatic rings. The molecule has 1 aromatic carbocycles. The molecule has 108 valence electrons. The van der Waals surface area contributed by atoms with Crippen LogP contribution in [-0.4, -0.2) is 11.1 Å². The third-order valence-corrected chi connectivity index (χ3v) is 3.71. The Kier molecular flexibility index (Phi) is 5.87. The van der Waals surface area contributed by atoms with E-state index in [0.29, 0.717) is 6.04 Å². The van der Waals surface area contributed by atoms with E-state index in [1.807, 2.05) is 0 Å². The van der Waals surface area contributed by atoms with Crippen LogP contribution in [0, 0.1) is 0 Å². The summed E-state index contributed by atoms with van der Waals surface area (Å²) in [5.41, 5.74) is 2.82. The minimum absolute atomic E-state index is 0.503. The molecule has 0 aliphatic heterocycles. The Hall–Kier alpha value is -1.54. The zero-order chi connectivity index (χ0) is 14.2. The van der Waals surface area contributed by atoms with E-state index in [1.165, 1.54) is 24.0 Å². The lowest BCUT2D eigenvalue weighted by atomic mass is 10.1. The van der Waals surface area contributed by atoms with Crippen molar-refractivity contribution in [1.82, 2.24) is 9.88 Å². The van der Waals surface area contributed by atoms with E-state index >= 15 is 0 Å². The maximum atomic E-state index is 3.57. The molecule has 2 rings (SSSR count). The molecule has 0 fully saturated rings. The molecule has 1 unspecified atom stereocenters. The largest absolute Gasteiger partial charge is 0.354 e. The molecule has 20 heavy (non-hydrogen) atoms. The molecule has 0 bridgehead atoms. The fourth-order valence-electron chi connectivity index (χ4n) is 2.63. The lowest BCUT2D eigenvalue weighted by Gasteiger charge is -2.15. The molecule has 1 aromatic heterocycles. The topological polar surface area (TPSA) is 17.0 Å². The van der Waals surface area contributed by atoms with Gasteiger partial charge in [0.1, 0.15) is 0 Å². The Morgan fingerprint density at radius 3 is 2.60 bits per heavy atom. The van der Waals surface area contributed by atoms with Gasteiger partial charge in [0, 0.05) is 25.0 Å². The molecule has 2 nitrogen and oxygen atoms in total. The molecular formula is C18H26N2. The van der Waals surface area contributed by atoms with Crippen LogP contribution in [0.4, 0.5) is 0 Å². The van der Waals surface area contributed by atoms with Crippen molar-refractivity contribution in [3.8, 4) is 0 Å². The first-order chi connectivity index (χ1) is 9.83. The van der Waals surface area contributed by atoms with E-state index in [1.54, 1.807) is 0 Å². The van der Waals surface area contributed by atoms with Gasteiger partial charge in [-0.1, -0.05) is 50.6 Å². The van der Waals surface area contributed by atoms with E-state index in [0.717, 1.165) is 19.5 Å². The predicted molar refractivity (Wildman–Crippen MR) is 85.9 cm³/mol. The number of nitrogens with zero attached hydrogens (tertiary/aromatic N) is 1. The maximum Gasteiger partial charge on any atom is 0.0335 e. The highest BCUT2D eigenvalue weighted by Crippen LogP contribution is 2.19. The second-order valence-electron chi connectivity index (χ2n) is 5.32. The smallest absolute Gasteiger partial charge is 0.0335 e. The van der Waals surface area contributed by atoms with Gasteiger partial charge >= 0.3 is 0 Å². The molecule has 0 amide bonds. The average Bonchev–Trinajstić information content (AvgIpc) is 2.95. The number of benzene rings is 1. The lowest BCUT2D eigenvalue weighted by Crippen LogP contribution is -2.20. The summed E-state index contributed by atoms with van der Waals surface area (Å²) in [6.07, 6.45) is 8.02. The Morgan fingerprint density at radius 2 is 1.90 bits per heavy atom. The van der Waals surface area contributed by atoms with E-state index in [2.05, 4.69) is 72.5 Å². The van der Waals surface area contributed by atoms with Crippen LogP contribution in [0.1, 0.15) is 43.9 Å². The highest BCUT2D eigenvalue weighted by atomic mass is 15.0. The summed E-state index contributed by atoms with van der Waals surface area (Å²) in [7, 11) is 0. The van der Waals surface area contributed by atoms with E-state index < -0.39 is 0 Å². The van der Waals surface area contributed by atoms with Crippen molar-refractivity contribution in [2.24, 2.45) is 0 Å². The SMILES string of the molecule is CCCC(NCC)c1ccn(CCc2ccccc2)c1. The molecule has 0 aliphatic carbocycles. The minimum Gasteiger partial charge on any atom is -0.354 e. The van der Waals surface area contributed by atoms with Crippen LogP contribution < -0.4 is 5.32 Å². The van der Waals surface area contributed by atoms with Gasteiger partial charge < -0.3 is 9.88 Å². The van der Waals surface area contributed by atoms with Crippen LogP contribution >= 0.6 is 0 Å². The summed E-state index contributed by atoms with van der Waals surface area (Å²) in [5.74, 6) is 0. The quantitative estimate of drug-likeness (QED) is 0.761. The monoisotopic (exact) mass is 270 g/mol. The highest BCUT2D eigenvalue weighted by Gasteiger charge is 2.10. The van der Waals surface area contributed by atoms with Gasteiger partial charge in [0.15, 0.2) is 0 Å². The molecule has 2 aromatic rings. The number of aryl methyl sites for hydroxylation is 2. The zero-order valence-corrected chi connectivity index (χ0v) is 12.7. The molecular weight excluding hydrogens is 244 g/mol. The summed E-state index contributed by atoms with van der Waals surface area (Å²) in [6.45, 7) is 6.50. The molecule has 1 N–H and O–H groups in total. The first-order valence-electron chi connectivity index (χ1n) is 7.76. The fraction of sp³-hybridized carbons (Fsp3) is 0.444. The van der Waals surface area contributed by atoms with Crippen molar-refractivity contribution in [3.63, 3.8) is 0 Å². The summed E-state index contributed by atoms with van der Waals surface area (Å²) in [6, 6.07) is 13.4. The standard InChI is InChI=1S/C18H26N2/c1-3-8-18(19-4-2)17-12-14-20(15-17)13-11-16-9-6-5-7-10-16/h5-7,9-10,12,14-15,18-19H,3-4,8,11,13H2,1-2H3. The van der Waals surface area contributed by atoms with Gasteiger partial charge in [0.2, 0.25) is 0 Å². The van der Waals surface area contributed by atoms with E-state index in [4.69, 9.17) is 0 Å². The fourth-order valence-corrected chi connectivity index (χ4v) is 2.63. The normalized spacial score (nSPS) is 12.5. The minimum atomic E-state index is 0.503. The van der Waals surface area contributed by atoms with E-state index in [9.17, 15) is 0 Å². The van der Waals surface area contributed by atoms with Crippen LogP contribution in [0.5, 0.6) is 0 Å².